The Morgan fingerprint density at radius 1 is 1.26 bits per heavy atom. The van der Waals surface area contributed by atoms with Gasteiger partial charge in [0.25, 0.3) is 0 Å². The number of fused-ring (bicyclic) bond motifs is 1. The lowest BCUT2D eigenvalue weighted by Crippen LogP contribution is -2.43. The Hall–Kier alpha value is -1.31. The third-order valence-corrected chi connectivity index (χ3v) is 6.73. The van der Waals surface area contributed by atoms with E-state index in [1.165, 1.54) is 32.1 Å². The number of carbonyl (C=O) groups is 1. The Morgan fingerprint density at radius 2 is 2.00 bits per heavy atom. The maximum Gasteiger partial charge on any atom is 0.338 e. The molecule has 2 saturated carbocycles. The van der Waals surface area contributed by atoms with E-state index in [0.29, 0.717) is 16.9 Å². The van der Waals surface area contributed by atoms with Crippen molar-refractivity contribution in [3.05, 3.63) is 35.9 Å². The fourth-order valence-corrected chi connectivity index (χ4v) is 5.30. The molecule has 0 amide bonds. The number of ether oxygens (including phenoxy) is 1. The largest absolute Gasteiger partial charge is 0.458 e. The van der Waals surface area contributed by atoms with Crippen LogP contribution in [0.15, 0.2) is 30.3 Å². The second kappa shape index (κ2) is 6.67. The molecule has 23 heavy (non-hydrogen) atoms. The summed E-state index contributed by atoms with van der Waals surface area (Å²) in [6.07, 6.45) is 7.40. The highest BCUT2D eigenvalue weighted by molar-refractivity contribution is 5.89. The molecule has 0 aromatic heterocycles. The summed E-state index contributed by atoms with van der Waals surface area (Å²) in [5.74, 6) is 1.96. The summed E-state index contributed by atoms with van der Waals surface area (Å²) in [5.41, 5.74) is 1.03. The number of hydrogen-bond acceptors (Lipinski definition) is 2. The van der Waals surface area contributed by atoms with Gasteiger partial charge < -0.3 is 4.74 Å². The topological polar surface area (TPSA) is 26.3 Å². The van der Waals surface area contributed by atoms with Crippen molar-refractivity contribution in [2.24, 2.45) is 23.2 Å². The Kier molecular flexibility index (Phi) is 4.79. The minimum absolute atomic E-state index is 0.107. The Labute approximate surface area is 140 Å². The molecule has 0 unspecified atom stereocenters. The van der Waals surface area contributed by atoms with Crippen LogP contribution in [0.2, 0.25) is 0 Å². The smallest absolute Gasteiger partial charge is 0.338 e. The van der Waals surface area contributed by atoms with E-state index in [0.717, 1.165) is 18.3 Å². The first-order valence-corrected chi connectivity index (χ1v) is 9.32. The highest BCUT2D eigenvalue weighted by Gasteiger charge is 2.53. The Bertz CT molecular complexity index is 538. The molecule has 0 spiro atoms. The summed E-state index contributed by atoms with van der Waals surface area (Å²) in [7, 11) is 0. The minimum Gasteiger partial charge on any atom is -0.458 e. The van der Waals surface area contributed by atoms with E-state index in [9.17, 15) is 4.79 Å². The Morgan fingerprint density at radius 3 is 2.70 bits per heavy atom. The van der Waals surface area contributed by atoms with Crippen molar-refractivity contribution < 1.29 is 9.53 Å². The van der Waals surface area contributed by atoms with Crippen molar-refractivity contribution in [3.8, 4) is 0 Å². The first-order valence-electron chi connectivity index (χ1n) is 9.32. The lowest BCUT2D eigenvalue weighted by Gasteiger charge is -2.46. The van der Waals surface area contributed by atoms with Crippen LogP contribution in [-0.2, 0) is 4.74 Å². The molecule has 0 radical (unpaired) electrons. The fraction of sp³-hybridized carbons (Fsp3) is 0.667. The van der Waals surface area contributed by atoms with E-state index >= 15 is 0 Å². The molecule has 2 aliphatic rings. The van der Waals surface area contributed by atoms with Gasteiger partial charge in [-0.15, -0.1) is 0 Å². The molecule has 0 bridgehead atoms. The van der Waals surface area contributed by atoms with Crippen LogP contribution in [0.25, 0.3) is 0 Å². The van der Waals surface area contributed by atoms with Crippen molar-refractivity contribution >= 4 is 5.97 Å². The maximum atomic E-state index is 12.5. The molecule has 2 aliphatic carbocycles. The maximum absolute atomic E-state index is 12.5. The summed E-state index contributed by atoms with van der Waals surface area (Å²) < 4.78 is 5.98. The molecule has 3 rings (SSSR count). The van der Waals surface area contributed by atoms with E-state index in [-0.39, 0.29) is 12.1 Å². The van der Waals surface area contributed by atoms with Crippen LogP contribution in [0.4, 0.5) is 0 Å². The van der Waals surface area contributed by atoms with Gasteiger partial charge in [0.2, 0.25) is 0 Å². The highest BCUT2D eigenvalue weighted by Crippen LogP contribution is 2.58. The van der Waals surface area contributed by atoms with Gasteiger partial charge in [0.1, 0.15) is 6.10 Å². The lowest BCUT2D eigenvalue weighted by atomic mass is 9.61. The molecule has 0 heterocycles. The number of hydrogen-bond donors (Lipinski definition) is 0. The molecule has 0 saturated heterocycles. The van der Waals surface area contributed by atoms with E-state index in [2.05, 4.69) is 20.8 Å². The fourth-order valence-electron chi connectivity index (χ4n) is 5.30. The van der Waals surface area contributed by atoms with Crippen LogP contribution < -0.4 is 0 Å². The van der Waals surface area contributed by atoms with Crippen LogP contribution in [0, 0.1) is 23.2 Å². The zero-order valence-electron chi connectivity index (χ0n) is 14.8. The van der Waals surface area contributed by atoms with Gasteiger partial charge in [-0.2, -0.15) is 0 Å². The second-order valence-electron chi connectivity index (χ2n) is 7.88. The number of rotatable bonds is 4. The van der Waals surface area contributed by atoms with Crippen LogP contribution in [0.3, 0.4) is 0 Å². The van der Waals surface area contributed by atoms with Crippen molar-refractivity contribution in [3.63, 3.8) is 0 Å². The minimum atomic E-state index is -0.146. The van der Waals surface area contributed by atoms with Crippen molar-refractivity contribution in [1.29, 1.82) is 0 Å². The molecule has 1 aromatic rings. The predicted octanol–water partition coefficient (Wildman–Crippen LogP) is 5.47. The molecule has 2 nitrogen and oxygen atoms in total. The molecule has 5 atom stereocenters. The van der Waals surface area contributed by atoms with Crippen LogP contribution in [0.1, 0.15) is 69.7 Å². The molecule has 0 N–H and O–H groups in total. The van der Waals surface area contributed by atoms with Gasteiger partial charge in [-0.05, 0) is 61.5 Å². The van der Waals surface area contributed by atoms with E-state index < -0.39 is 0 Å². The standard InChI is InChI=1S/C21H30O2/c1-4-15(2)17-12-13-18-19(11-8-14-21(17,18)3)23-20(22)16-9-6-5-7-10-16/h5-7,9-10,15,17-19H,4,8,11-14H2,1-3H3/t15-,17-,18+,19+,21-/m1/s1. The molecule has 0 aliphatic heterocycles. The second-order valence-corrected chi connectivity index (χ2v) is 7.88. The summed E-state index contributed by atoms with van der Waals surface area (Å²) >= 11 is 0. The molecule has 2 fully saturated rings. The van der Waals surface area contributed by atoms with Gasteiger partial charge in [-0.3, -0.25) is 0 Å². The van der Waals surface area contributed by atoms with Gasteiger partial charge >= 0.3 is 5.97 Å². The number of carbonyl (C=O) groups excluding carboxylic acids is 1. The van der Waals surface area contributed by atoms with Crippen molar-refractivity contribution in [1.82, 2.24) is 0 Å². The van der Waals surface area contributed by atoms with E-state index in [4.69, 9.17) is 4.74 Å². The normalized spacial score (nSPS) is 34.7. The first kappa shape index (κ1) is 16.5. The average molecular weight is 314 g/mol. The van der Waals surface area contributed by atoms with E-state index in [1.54, 1.807) is 0 Å². The summed E-state index contributed by atoms with van der Waals surface area (Å²) in [4.78, 5) is 12.5. The third-order valence-electron chi connectivity index (χ3n) is 6.73. The van der Waals surface area contributed by atoms with Crippen LogP contribution >= 0.6 is 0 Å². The van der Waals surface area contributed by atoms with Crippen molar-refractivity contribution in [2.45, 2.75) is 65.4 Å². The summed E-state index contributed by atoms with van der Waals surface area (Å²) in [6, 6.07) is 9.43. The SMILES string of the molecule is CC[C@@H](C)[C@H]1CC[C@H]2[C@@H](OC(=O)c3ccccc3)CCC[C@]12C. The van der Waals surface area contributed by atoms with Gasteiger partial charge in [-0.25, -0.2) is 4.79 Å². The quantitative estimate of drug-likeness (QED) is 0.688. The monoisotopic (exact) mass is 314 g/mol. The van der Waals surface area contributed by atoms with Crippen molar-refractivity contribution in [2.75, 3.05) is 0 Å². The first-order chi connectivity index (χ1) is 11.1. The van der Waals surface area contributed by atoms with E-state index in [1.807, 2.05) is 30.3 Å². The predicted molar refractivity (Wildman–Crippen MR) is 93.3 cm³/mol. The molecular weight excluding hydrogens is 284 g/mol. The number of esters is 1. The number of benzene rings is 1. The van der Waals surface area contributed by atoms with Gasteiger partial charge in [0.15, 0.2) is 0 Å². The zero-order chi connectivity index (χ0) is 16.4. The van der Waals surface area contributed by atoms with Crippen LogP contribution in [-0.4, -0.2) is 12.1 Å². The molecular formula is C21H30O2. The van der Waals surface area contributed by atoms with Gasteiger partial charge in [0, 0.05) is 5.92 Å². The molecule has 2 heteroatoms. The van der Waals surface area contributed by atoms with Gasteiger partial charge in [0.05, 0.1) is 5.56 Å². The Balaban J connectivity index is 1.74. The molecule has 126 valence electrons. The summed E-state index contributed by atoms with van der Waals surface area (Å²) in [6.45, 7) is 7.17. The average Bonchev–Trinajstić information content (AvgIpc) is 2.93. The third kappa shape index (κ3) is 3.05. The lowest BCUT2D eigenvalue weighted by molar-refractivity contribution is -0.0469. The highest BCUT2D eigenvalue weighted by atomic mass is 16.5. The zero-order valence-corrected chi connectivity index (χ0v) is 14.8. The molecule has 1 aromatic carbocycles. The summed E-state index contributed by atoms with van der Waals surface area (Å²) in [5, 5.41) is 0. The van der Waals surface area contributed by atoms with Crippen LogP contribution in [0.5, 0.6) is 0 Å². The van der Waals surface area contributed by atoms with Gasteiger partial charge in [-0.1, -0.05) is 45.4 Å².